The third-order valence-corrected chi connectivity index (χ3v) is 0.966. The number of aliphatic hydroxyl groups excluding tert-OH is 1. The topological polar surface area (TPSA) is 29.5 Å². The molecule has 0 aliphatic heterocycles. The zero-order valence-corrected chi connectivity index (χ0v) is 6.22. The number of rotatable bonds is 2. The van der Waals surface area contributed by atoms with E-state index in [0.717, 1.165) is 0 Å². The predicted octanol–water partition coefficient (Wildman–Crippen LogP) is 1.51. The summed E-state index contributed by atoms with van der Waals surface area (Å²) < 4.78 is 4.73. The summed E-state index contributed by atoms with van der Waals surface area (Å²) in [6.45, 7) is 9.00. The Kier molecular flexibility index (Phi) is 2.71. The van der Waals surface area contributed by atoms with Crippen LogP contribution in [0.3, 0.4) is 0 Å². The Morgan fingerprint density at radius 2 is 2.00 bits per heavy atom. The van der Waals surface area contributed by atoms with Crippen molar-refractivity contribution in [2.24, 2.45) is 5.41 Å². The van der Waals surface area contributed by atoms with Crippen LogP contribution in [0.2, 0.25) is 0 Å². The fourth-order valence-electron chi connectivity index (χ4n) is 0.295. The first-order chi connectivity index (χ1) is 3.98. The molecular formula is C7H14O2. The van der Waals surface area contributed by atoms with Crippen molar-refractivity contribution in [3.05, 3.63) is 12.8 Å². The molecule has 0 amide bonds. The first kappa shape index (κ1) is 8.50. The molecule has 2 nitrogen and oxygen atoms in total. The lowest BCUT2D eigenvalue weighted by molar-refractivity contribution is -0.121. The summed E-state index contributed by atoms with van der Waals surface area (Å²) in [5.74, 6) is 0. The molecule has 0 heterocycles. The lowest BCUT2D eigenvalue weighted by atomic mass is 9.96. The summed E-state index contributed by atoms with van der Waals surface area (Å²) in [6.07, 6.45) is 0.491. The van der Waals surface area contributed by atoms with Crippen molar-refractivity contribution < 1.29 is 9.84 Å². The predicted molar refractivity (Wildman–Crippen MR) is 36.7 cm³/mol. The molecule has 0 bridgehead atoms. The zero-order chi connectivity index (χ0) is 7.49. The maximum absolute atomic E-state index is 9.09. The van der Waals surface area contributed by atoms with Crippen molar-refractivity contribution in [3.8, 4) is 0 Å². The Morgan fingerprint density at radius 1 is 1.56 bits per heavy atom. The third kappa shape index (κ3) is 3.14. The second-order valence-electron chi connectivity index (χ2n) is 3.02. The smallest absolute Gasteiger partial charge is 0.201 e. The van der Waals surface area contributed by atoms with E-state index in [-0.39, 0.29) is 5.41 Å². The van der Waals surface area contributed by atoms with Crippen LogP contribution in [0.25, 0.3) is 0 Å². The molecule has 0 aliphatic rings. The van der Waals surface area contributed by atoms with Gasteiger partial charge in [-0.15, -0.1) is 0 Å². The maximum Gasteiger partial charge on any atom is 0.201 e. The average Bonchev–Trinajstić information content (AvgIpc) is 1.64. The van der Waals surface area contributed by atoms with E-state index < -0.39 is 6.29 Å². The first-order valence-corrected chi connectivity index (χ1v) is 2.93. The van der Waals surface area contributed by atoms with E-state index in [0.29, 0.717) is 0 Å². The molecule has 0 aromatic rings. The summed E-state index contributed by atoms with van der Waals surface area (Å²) in [5, 5.41) is 9.09. The van der Waals surface area contributed by atoms with Gasteiger partial charge in [-0.05, 0) is 0 Å². The molecule has 1 N–H and O–H groups in total. The van der Waals surface area contributed by atoms with Crippen LogP contribution >= 0.6 is 0 Å². The minimum Gasteiger partial charge on any atom is -0.473 e. The van der Waals surface area contributed by atoms with Gasteiger partial charge in [0.25, 0.3) is 0 Å². The minimum atomic E-state index is -0.755. The van der Waals surface area contributed by atoms with Crippen molar-refractivity contribution in [1.82, 2.24) is 0 Å². The zero-order valence-electron chi connectivity index (χ0n) is 6.22. The fraction of sp³-hybridized carbons (Fsp3) is 0.714. The van der Waals surface area contributed by atoms with Crippen LogP contribution in [0.15, 0.2) is 12.8 Å². The normalized spacial score (nSPS) is 14.7. The van der Waals surface area contributed by atoms with Crippen LogP contribution in [0.5, 0.6) is 0 Å². The monoisotopic (exact) mass is 130 g/mol. The van der Waals surface area contributed by atoms with Crippen LogP contribution in [-0.4, -0.2) is 11.4 Å². The quantitative estimate of drug-likeness (QED) is 0.453. The van der Waals surface area contributed by atoms with Crippen molar-refractivity contribution in [3.63, 3.8) is 0 Å². The average molecular weight is 130 g/mol. The van der Waals surface area contributed by atoms with Gasteiger partial charge in [0, 0.05) is 5.41 Å². The first-order valence-electron chi connectivity index (χ1n) is 2.93. The molecule has 0 rings (SSSR count). The Hall–Kier alpha value is -0.500. The van der Waals surface area contributed by atoms with Gasteiger partial charge in [0.1, 0.15) is 0 Å². The second kappa shape index (κ2) is 2.87. The molecule has 1 unspecified atom stereocenters. The molecule has 1 atom stereocenters. The van der Waals surface area contributed by atoms with Gasteiger partial charge in [0.15, 0.2) is 0 Å². The van der Waals surface area contributed by atoms with E-state index in [1.54, 1.807) is 0 Å². The summed E-state index contributed by atoms with van der Waals surface area (Å²) in [4.78, 5) is 0. The van der Waals surface area contributed by atoms with E-state index in [4.69, 9.17) is 9.84 Å². The molecule has 0 saturated heterocycles. The lowest BCUT2D eigenvalue weighted by Crippen LogP contribution is -2.26. The van der Waals surface area contributed by atoms with Crippen molar-refractivity contribution >= 4 is 0 Å². The highest BCUT2D eigenvalue weighted by molar-refractivity contribution is 4.66. The molecule has 9 heavy (non-hydrogen) atoms. The standard InChI is InChI=1S/C7H14O2/c1-5-9-6(8)7(2,3)4/h5-6,8H,1H2,2-4H3. The van der Waals surface area contributed by atoms with Crippen LogP contribution in [-0.2, 0) is 4.74 Å². The Labute approximate surface area is 56.1 Å². The van der Waals surface area contributed by atoms with Crippen molar-refractivity contribution in [1.29, 1.82) is 0 Å². The highest BCUT2D eigenvalue weighted by atomic mass is 16.6. The molecule has 0 aromatic carbocycles. The largest absolute Gasteiger partial charge is 0.473 e. The van der Waals surface area contributed by atoms with Gasteiger partial charge >= 0.3 is 0 Å². The van der Waals surface area contributed by atoms with Gasteiger partial charge in [0.05, 0.1) is 6.26 Å². The highest BCUT2D eigenvalue weighted by Crippen LogP contribution is 2.19. The number of hydrogen-bond acceptors (Lipinski definition) is 2. The lowest BCUT2D eigenvalue weighted by Gasteiger charge is -2.24. The molecular weight excluding hydrogens is 116 g/mol. The molecule has 0 aromatic heterocycles. The van der Waals surface area contributed by atoms with E-state index in [1.165, 1.54) is 6.26 Å². The Bertz CT molecular complexity index is 91.6. The van der Waals surface area contributed by atoms with Crippen LogP contribution in [0.1, 0.15) is 20.8 Å². The van der Waals surface area contributed by atoms with E-state index in [2.05, 4.69) is 6.58 Å². The fourth-order valence-corrected chi connectivity index (χ4v) is 0.295. The number of aliphatic hydroxyl groups is 1. The Morgan fingerprint density at radius 3 is 2.11 bits per heavy atom. The molecule has 0 saturated carbocycles. The molecule has 54 valence electrons. The van der Waals surface area contributed by atoms with E-state index in [9.17, 15) is 0 Å². The van der Waals surface area contributed by atoms with E-state index in [1.807, 2.05) is 20.8 Å². The molecule has 0 spiro atoms. The van der Waals surface area contributed by atoms with E-state index >= 15 is 0 Å². The molecule has 0 radical (unpaired) electrons. The van der Waals surface area contributed by atoms with Gasteiger partial charge in [-0.1, -0.05) is 27.4 Å². The second-order valence-corrected chi connectivity index (χ2v) is 3.02. The molecule has 0 aliphatic carbocycles. The maximum atomic E-state index is 9.09. The highest BCUT2D eigenvalue weighted by Gasteiger charge is 2.21. The summed E-state index contributed by atoms with van der Waals surface area (Å²) in [6, 6.07) is 0. The third-order valence-electron chi connectivity index (χ3n) is 0.966. The molecule has 0 fully saturated rings. The van der Waals surface area contributed by atoms with Crippen molar-refractivity contribution in [2.45, 2.75) is 27.1 Å². The SMILES string of the molecule is C=COC(O)C(C)(C)C. The van der Waals surface area contributed by atoms with Crippen LogP contribution < -0.4 is 0 Å². The van der Waals surface area contributed by atoms with Crippen molar-refractivity contribution in [2.75, 3.05) is 0 Å². The summed E-state index contributed by atoms with van der Waals surface area (Å²) in [5.41, 5.74) is -0.228. The number of ether oxygens (including phenoxy) is 1. The van der Waals surface area contributed by atoms with Gasteiger partial charge in [0.2, 0.25) is 6.29 Å². The number of hydrogen-bond donors (Lipinski definition) is 1. The summed E-state index contributed by atoms with van der Waals surface area (Å²) >= 11 is 0. The van der Waals surface area contributed by atoms with Gasteiger partial charge in [-0.25, -0.2) is 0 Å². The Balaban J connectivity index is 3.72. The summed E-state index contributed by atoms with van der Waals surface area (Å²) in [7, 11) is 0. The van der Waals surface area contributed by atoms with Crippen LogP contribution in [0, 0.1) is 5.41 Å². The minimum absolute atomic E-state index is 0.228. The van der Waals surface area contributed by atoms with Gasteiger partial charge < -0.3 is 9.84 Å². The van der Waals surface area contributed by atoms with Crippen LogP contribution in [0.4, 0.5) is 0 Å². The molecule has 2 heteroatoms. The van der Waals surface area contributed by atoms with Gasteiger partial charge in [-0.2, -0.15) is 0 Å². The van der Waals surface area contributed by atoms with Gasteiger partial charge in [-0.3, -0.25) is 0 Å².